The van der Waals surface area contributed by atoms with Crippen molar-refractivity contribution >= 4 is 22.7 Å². The third kappa shape index (κ3) is 2.09. The SMILES string of the molecule is [Y].[Y].[c-]1cc2c(s1)-c1s[c-]cc1C2. The number of hydrogen-bond acceptors (Lipinski definition) is 2. The molecule has 2 radical (unpaired) electrons. The number of fused-ring (bicyclic) bond motifs is 3. The molecule has 2 aromatic heterocycles. The third-order valence-electron chi connectivity index (χ3n) is 1.96. The van der Waals surface area contributed by atoms with Gasteiger partial charge in [0.05, 0.1) is 0 Å². The number of hydrogen-bond donors (Lipinski definition) is 0. The van der Waals surface area contributed by atoms with E-state index in [0.29, 0.717) is 0 Å². The van der Waals surface area contributed by atoms with Crippen LogP contribution in [0.5, 0.6) is 0 Å². The summed E-state index contributed by atoms with van der Waals surface area (Å²) in [6.45, 7) is 0. The Bertz CT molecular complexity index is 365. The van der Waals surface area contributed by atoms with E-state index in [1.54, 1.807) is 22.7 Å². The first-order chi connectivity index (χ1) is 5.45. The summed E-state index contributed by atoms with van der Waals surface area (Å²) in [6.07, 6.45) is 1.10. The predicted octanol–water partition coefficient (Wildman–Crippen LogP) is 2.98. The van der Waals surface area contributed by atoms with Gasteiger partial charge < -0.3 is 22.7 Å². The van der Waals surface area contributed by atoms with Crippen LogP contribution in [0.4, 0.5) is 0 Å². The Morgan fingerprint density at radius 2 is 1.38 bits per heavy atom. The molecule has 1 aliphatic rings. The maximum Gasteiger partial charge on any atom is 0 e. The van der Waals surface area contributed by atoms with E-state index in [9.17, 15) is 0 Å². The first-order valence-corrected chi connectivity index (χ1v) is 5.06. The van der Waals surface area contributed by atoms with Crippen LogP contribution in [-0.4, -0.2) is 0 Å². The van der Waals surface area contributed by atoms with Crippen LogP contribution in [0.15, 0.2) is 12.1 Å². The fourth-order valence-corrected chi connectivity index (χ4v) is 3.29. The van der Waals surface area contributed by atoms with E-state index < -0.39 is 0 Å². The molecule has 3 rings (SSSR count). The van der Waals surface area contributed by atoms with Crippen molar-refractivity contribution in [2.45, 2.75) is 6.42 Å². The molecule has 0 atom stereocenters. The molecule has 0 bridgehead atoms. The maximum atomic E-state index is 3.17. The van der Waals surface area contributed by atoms with Gasteiger partial charge in [-0.3, -0.25) is 0 Å². The Morgan fingerprint density at radius 3 is 1.85 bits per heavy atom. The van der Waals surface area contributed by atoms with Crippen LogP contribution in [0.2, 0.25) is 0 Å². The van der Waals surface area contributed by atoms with Gasteiger partial charge in [-0.25, -0.2) is 11.1 Å². The molecule has 2 aromatic rings. The largest absolute Gasteiger partial charge is 0.309 e. The van der Waals surface area contributed by atoms with Crippen molar-refractivity contribution < 1.29 is 65.4 Å². The van der Waals surface area contributed by atoms with Crippen LogP contribution in [0, 0.1) is 10.8 Å². The van der Waals surface area contributed by atoms with Crippen molar-refractivity contribution in [2.75, 3.05) is 0 Å². The molecule has 0 N–H and O–H groups in total. The molecule has 0 spiro atoms. The zero-order chi connectivity index (χ0) is 7.26. The van der Waals surface area contributed by atoms with Crippen LogP contribution in [0.1, 0.15) is 11.1 Å². The van der Waals surface area contributed by atoms with Gasteiger partial charge in [0.15, 0.2) is 0 Å². The van der Waals surface area contributed by atoms with Gasteiger partial charge in [-0.1, -0.05) is 0 Å². The first kappa shape index (κ1) is 12.7. The minimum Gasteiger partial charge on any atom is -0.309 e. The minimum atomic E-state index is 0. The normalized spacial score (nSPS) is 11.1. The summed E-state index contributed by atoms with van der Waals surface area (Å²) in [7, 11) is 0. The van der Waals surface area contributed by atoms with Gasteiger partial charge in [0.25, 0.3) is 0 Å². The van der Waals surface area contributed by atoms with E-state index in [1.807, 2.05) is 0 Å². The Balaban J connectivity index is 0.000000422. The second-order valence-electron chi connectivity index (χ2n) is 2.61. The summed E-state index contributed by atoms with van der Waals surface area (Å²) < 4.78 is 0. The quantitative estimate of drug-likeness (QED) is 0.545. The van der Waals surface area contributed by atoms with Gasteiger partial charge in [0, 0.05) is 65.4 Å². The molecule has 0 aromatic carbocycles. The molecule has 0 fully saturated rings. The molecular weight excluding hydrogens is 350 g/mol. The van der Waals surface area contributed by atoms with Crippen LogP contribution < -0.4 is 0 Å². The molecule has 0 nitrogen and oxygen atoms in total. The van der Waals surface area contributed by atoms with Crippen molar-refractivity contribution in [3.05, 3.63) is 34.0 Å². The van der Waals surface area contributed by atoms with Crippen LogP contribution >= 0.6 is 22.7 Å². The van der Waals surface area contributed by atoms with Gasteiger partial charge in [0.2, 0.25) is 0 Å². The summed E-state index contributed by atoms with van der Waals surface area (Å²) in [6, 6.07) is 4.21. The number of thiophene rings is 2. The smallest absolute Gasteiger partial charge is 0 e. The van der Waals surface area contributed by atoms with Gasteiger partial charge in [-0.2, -0.15) is 21.9 Å². The Kier molecular flexibility index (Phi) is 4.97. The summed E-state index contributed by atoms with van der Waals surface area (Å²) in [4.78, 5) is 2.84. The Morgan fingerprint density at radius 1 is 0.923 bits per heavy atom. The monoisotopic (exact) mass is 354 g/mol. The van der Waals surface area contributed by atoms with Crippen molar-refractivity contribution in [2.24, 2.45) is 0 Å². The second-order valence-corrected chi connectivity index (χ2v) is 4.31. The molecule has 0 amide bonds. The molecule has 0 saturated carbocycles. The molecule has 0 unspecified atom stereocenters. The van der Waals surface area contributed by atoms with Gasteiger partial charge in [-0.05, 0) is 0 Å². The van der Waals surface area contributed by atoms with E-state index >= 15 is 0 Å². The fourth-order valence-electron chi connectivity index (χ4n) is 1.43. The standard InChI is InChI=1S/C9H4S2.2Y/c1-3-10-8-6(1)5-7-2-4-11-9(7)8;;/h1-2H,5H2;;/q-2;;. The van der Waals surface area contributed by atoms with E-state index in [2.05, 4.69) is 22.9 Å². The molecule has 0 aliphatic heterocycles. The van der Waals surface area contributed by atoms with Crippen LogP contribution in [-0.2, 0) is 71.8 Å². The van der Waals surface area contributed by atoms with Crippen molar-refractivity contribution in [3.8, 4) is 9.75 Å². The van der Waals surface area contributed by atoms with Crippen molar-refractivity contribution in [1.82, 2.24) is 0 Å². The molecule has 4 heteroatoms. The van der Waals surface area contributed by atoms with Gasteiger partial charge >= 0.3 is 0 Å². The molecule has 0 saturated heterocycles. The van der Waals surface area contributed by atoms with E-state index in [-0.39, 0.29) is 65.4 Å². The molecule has 13 heavy (non-hydrogen) atoms. The molecule has 1 aliphatic carbocycles. The third-order valence-corrected chi connectivity index (χ3v) is 3.90. The van der Waals surface area contributed by atoms with Crippen LogP contribution in [0.25, 0.3) is 9.75 Å². The zero-order valence-corrected chi connectivity index (χ0v) is 14.1. The minimum absolute atomic E-state index is 0. The van der Waals surface area contributed by atoms with E-state index in [1.165, 1.54) is 20.9 Å². The number of rotatable bonds is 0. The summed E-state index contributed by atoms with van der Waals surface area (Å²) in [5.74, 6) is 0. The van der Waals surface area contributed by atoms with Crippen molar-refractivity contribution in [1.29, 1.82) is 0 Å². The van der Waals surface area contributed by atoms with Crippen molar-refractivity contribution in [3.63, 3.8) is 0 Å². The predicted molar refractivity (Wildman–Crippen MR) is 48.1 cm³/mol. The summed E-state index contributed by atoms with van der Waals surface area (Å²) >= 11 is 3.45. The van der Waals surface area contributed by atoms with E-state index in [4.69, 9.17) is 0 Å². The maximum absolute atomic E-state index is 3.17. The first-order valence-electron chi connectivity index (χ1n) is 3.43. The van der Waals surface area contributed by atoms with Gasteiger partial charge in [-0.15, -0.1) is 17.2 Å². The average molecular weight is 354 g/mol. The second kappa shape index (κ2) is 5.09. The fraction of sp³-hybridized carbons (Fsp3) is 0.111. The summed E-state index contributed by atoms with van der Waals surface area (Å²) in [5.41, 5.74) is 2.90. The van der Waals surface area contributed by atoms with Gasteiger partial charge in [0.1, 0.15) is 0 Å². The molecule has 60 valence electrons. The topological polar surface area (TPSA) is 0 Å². The average Bonchev–Trinajstić information content (AvgIpc) is 2.52. The van der Waals surface area contributed by atoms with Crippen LogP contribution in [0.3, 0.4) is 0 Å². The Hall–Kier alpha value is 1.61. The Labute approximate surface area is 136 Å². The summed E-state index contributed by atoms with van der Waals surface area (Å²) in [5, 5.41) is 6.33. The zero-order valence-electron chi connectivity index (χ0n) is 6.83. The molecular formula is C9H4S2Y2-2. The van der Waals surface area contributed by atoms with E-state index in [0.717, 1.165) is 6.42 Å². The molecule has 2 heterocycles.